The molecule has 0 amide bonds. The Morgan fingerprint density at radius 3 is 2.65 bits per heavy atom. The normalized spacial score (nSPS) is 17.2. The zero-order chi connectivity index (χ0) is 12.4. The molecule has 0 radical (unpaired) electrons. The molecular formula is C14H22N2O. The molecule has 1 aromatic heterocycles. The van der Waals surface area contributed by atoms with Crippen LogP contribution < -0.4 is 4.90 Å². The minimum absolute atomic E-state index is 0.424. The highest BCUT2D eigenvalue weighted by molar-refractivity contribution is 5.42. The van der Waals surface area contributed by atoms with Crippen molar-refractivity contribution in [1.29, 1.82) is 0 Å². The predicted molar refractivity (Wildman–Crippen MR) is 70.1 cm³/mol. The molecule has 17 heavy (non-hydrogen) atoms. The highest BCUT2D eigenvalue weighted by Gasteiger charge is 2.26. The Morgan fingerprint density at radius 1 is 1.41 bits per heavy atom. The van der Waals surface area contributed by atoms with Gasteiger partial charge in [-0.3, -0.25) is 0 Å². The minimum Gasteiger partial charge on any atom is -0.389 e. The first-order valence-corrected chi connectivity index (χ1v) is 6.48. The van der Waals surface area contributed by atoms with E-state index in [4.69, 9.17) is 0 Å². The lowest BCUT2D eigenvalue weighted by Crippen LogP contribution is -2.33. The van der Waals surface area contributed by atoms with Crippen LogP contribution in [0.2, 0.25) is 0 Å². The molecule has 1 fully saturated rings. The lowest BCUT2D eigenvalue weighted by molar-refractivity contribution is 0.199. The molecule has 0 aliphatic heterocycles. The van der Waals surface area contributed by atoms with Crippen molar-refractivity contribution < 1.29 is 5.11 Å². The average molecular weight is 234 g/mol. The van der Waals surface area contributed by atoms with Crippen LogP contribution in [0.3, 0.4) is 0 Å². The van der Waals surface area contributed by atoms with Crippen LogP contribution in [0.1, 0.15) is 45.3 Å². The van der Waals surface area contributed by atoms with Gasteiger partial charge in [0.05, 0.1) is 6.10 Å². The number of aliphatic hydroxyl groups excluding tert-OH is 1. The number of rotatable bonds is 5. The van der Waals surface area contributed by atoms with Gasteiger partial charge in [0.2, 0.25) is 0 Å². The van der Waals surface area contributed by atoms with E-state index >= 15 is 0 Å². The summed E-state index contributed by atoms with van der Waals surface area (Å²) in [6.07, 6.45) is 4.06. The highest BCUT2D eigenvalue weighted by atomic mass is 16.3. The number of aliphatic hydroxyl groups is 1. The van der Waals surface area contributed by atoms with Crippen molar-refractivity contribution in [3.63, 3.8) is 0 Å². The Balaban J connectivity index is 2.18. The standard InChI is InChI=1S/C14H22N2O/c1-10(2)16(9-12-4-5-12)14-8-13(11(3)17)6-7-15-14/h6-8,10-12,17H,4-5,9H2,1-3H3/t11-/m1/s1. The van der Waals surface area contributed by atoms with Crippen molar-refractivity contribution in [2.75, 3.05) is 11.4 Å². The van der Waals surface area contributed by atoms with Crippen LogP contribution >= 0.6 is 0 Å². The average Bonchev–Trinajstić information content (AvgIpc) is 3.09. The van der Waals surface area contributed by atoms with Gasteiger partial charge in [0.15, 0.2) is 0 Å². The van der Waals surface area contributed by atoms with E-state index in [2.05, 4.69) is 23.7 Å². The highest BCUT2D eigenvalue weighted by Crippen LogP contribution is 2.32. The molecule has 0 bridgehead atoms. The van der Waals surface area contributed by atoms with Gasteiger partial charge in [-0.05, 0) is 57.2 Å². The molecule has 0 saturated heterocycles. The third-order valence-electron chi connectivity index (χ3n) is 3.32. The van der Waals surface area contributed by atoms with Gasteiger partial charge in [0, 0.05) is 18.8 Å². The molecule has 0 unspecified atom stereocenters. The minimum atomic E-state index is -0.424. The Hall–Kier alpha value is -1.09. The zero-order valence-electron chi connectivity index (χ0n) is 10.9. The lowest BCUT2D eigenvalue weighted by atomic mass is 10.1. The van der Waals surface area contributed by atoms with E-state index in [9.17, 15) is 5.11 Å². The van der Waals surface area contributed by atoms with Gasteiger partial charge in [-0.1, -0.05) is 0 Å². The first-order valence-electron chi connectivity index (χ1n) is 6.48. The van der Waals surface area contributed by atoms with Gasteiger partial charge < -0.3 is 10.0 Å². The maximum atomic E-state index is 9.62. The van der Waals surface area contributed by atoms with E-state index in [-0.39, 0.29) is 0 Å². The summed E-state index contributed by atoms with van der Waals surface area (Å²) in [7, 11) is 0. The summed E-state index contributed by atoms with van der Waals surface area (Å²) in [4.78, 5) is 6.78. The maximum Gasteiger partial charge on any atom is 0.129 e. The molecule has 1 atom stereocenters. The fraction of sp³-hybridized carbons (Fsp3) is 0.643. The van der Waals surface area contributed by atoms with Gasteiger partial charge >= 0.3 is 0 Å². The first-order chi connectivity index (χ1) is 8.08. The van der Waals surface area contributed by atoms with E-state index in [0.717, 1.165) is 23.8 Å². The summed E-state index contributed by atoms with van der Waals surface area (Å²) >= 11 is 0. The second-order valence-corrected chi connectivity index (χ2v) is 5.31. The fourth-order valence-corrected chi connectivity index (χ4v) is 2.00. The van der Waals surface area contributed by atoms with Crippen molar-refractivity contribution >= 4 is 5.82 Å². The van der Waals surface area contributed by atoms with Gasteiger partial charge in [0.1, 0.15) is 5.82 Å². The van der Waals surface area contributed by atoms with Crippen LogP contribution in [0.4, 0.5) is 5.82 Å². The largest absolute Gasteiger partial charge is 0.389 e. The van der Waals surface area contributed by atoms with E-state index in [1.165, 1.54) is 12.8 Å². The van der Waals surface area contributed by atoms with Crippen molar-refractivity contribution in [2.24, 2.45) is 5.92 Å². The zero-order valence-corrected chi connectivity index (χ0v) is 10.9. The summed E-state index contributed by atoms with van der Waals surface area (Å²) in [5.41, 5.74) is 0.941. The fourth-order valence-electron chi connectivity index (χ4n) is 2.00. The number of anilines is 1. The summed E-state index contributed by atoms with van der Waals surface area (Å²) in [6.45, 7) is 7.27. The van der Waals surface area contributed by atoms with Gasteiger partial charge in [0.25, 0.3) is 0 Å². The van der Waals surface area contributed by atoms with E-state index in [0.29, 0.717) is 6.04 Å². The Kier molecular flexibility index (Phi) is 3.67. The van der Waals surface area contributed by atoms with Crippen LogP contribution in [0, 0.1) is 5.92 Å². The maximum absolute atomic E-state index is 9.62. The molecule has 1 N–H and O–H groups in total. The molecular weight excluding hydrogens is 212 g/mol. The molecule has 0 aromatic carbocycles. The second-order valence-electron chi connectivity index (χ2n) is 5.31. The van der Waals surface area contributed by atoms with Crippen LogP contribution in [0.25, 0.3) is 0 Å². The summed E-state index contributed by atoms with van der Waals surface area (Å²) in [6, 6.07) is 4.34. The lowest BCUT2D eigenvalue weighted by Gasteiger charge is -2.28. The first kappa shape index (κ1) is 12.4. The van der Waals surface area contributed by atoms with E-state index < -0.39 is 6.10 Å². The Morgan fingerprint density at radius 2 is 2.12 bits per heavy atom. The van der Waals surface area contributed by atoms with Crippen molar-refractivity contribution in [1.82, 2.24) is 4.98 Å². The summed E-state index contributed by atoms with van der Waals surface area (Å²) in [5, 5.41) is 9.62. The molecule has 94 valence electrons. The molecule has 2 rings (SSSR count). The molecule has 1 aliphatic rings. The smallest absolute Gasteiger partial charge is 0.129 e. The summed E-state index contributed by atoms with van der Waals surface area (Å²) < 4.78 is 0. The van der Waals surface area contributed by atoms with Crippen LogP contribution in [-0.2, 0) is 0 Å². The topological polar surface area (TPSA) is 36.4 Å². The van der Waals surface area contributed by atoms with Crippen LogP contribution in [0.15, 0.2) is 18.3 Å². The van der Waals surface area contributed by atoms with Gasteiger partial charge in [-0.2, -0.15) is 0 Å². The molecule has 1 saturated carbocycles. The monoisotopic (exact) mass is 234 g/mol. The third-order valence-corrected chi connectivity index (χ3v) is 3.32. The van der Waals surface area contributed by atoms with E-state index in [1.54, 1.807) is 13.1 Å². The third kappa shape index (κ3) is 3.19. The van der Waals surface area contributed by atoms with Crippen LogP contribution in [0.5, 0.6) is 0 Å². The van der Waals surface area contributed by atoms with E-state index in [1.807, 2.05) is 12.1 Å². The quantitative estimate of drug-likeness (QED) is 0.851. The number of nitrogens with zero attached hydrogens (tertiary/aromatic N) is 2. The number of pyridine rings is 1. The molecule has 1 aliphatic carbocycles. The SMILES string of the molecule is CC(C)N(CC1CC1)c1cc([C@@H](C)O)ccn1. The molecule has 3 heteroatoms. The van der Waals surface area contributed by atoms with Crippen molar-refractivity contribution in [3.8, 4) is 0 Å². The molecule has 0 spiro atoms. The number of hydrogen-bond donors (Lipinski definition) is 1. The number of hydrogen-bond acceptors (Lipinski definition) is 3. The Labute approximate surface area is 103 Å². The van der Waals surface area contributed by atoms with Crippen LogP contribution in [-0.4, -0.2) is 22.7 Å². The second kappa shape index (κ2) is 5.05. The summed E-state index contributed by atoms with van der Waals surface area (Å²) in [5.74, 6) is 1.83. The molecule has 1 aromatic rings. The van der Waals surface area contributed by atoms with Crippen molar-refractivity contribution in [2.45, 2.75) is 45.8 Å². The van der Waals surface area contributed by atoms with Gasteiger partial charge in [-0.25, -0.2) is 4.98 Å². The predicted octanol–water partition coefficient (Wildman–Crippen LogP) is 2.76. The number of aromatic nitrogens is 1. The van der Waals surface area contributed by atoms with Gasteiger partial charge in [-0.15, -0.1) is 0 Å². The van der Waals surface area contributed by atoms with Crippen molar-refractivity contribution in [3.05, 3.63) is 23.9 Å². The Bertz CT molecular complexity index is 372. The molecule has 3 nitrogen and oxygen atoms in total. The molecule has 1 heterocycles.